The highest BCUT2D eigenvalue weighted by atomic mass is 16.5. The number of unbranched alkanes of at least 4 members (excludes halogenated alkanes) is 4. The van der Waals surface area contributed by atoms with Crippen molar-refractivity contribution in [3.8, 4) is 28.7 Å². The fourth-order valence-electron chi connectivity index (χ4n) is 5.49. The van der Waals surface area contributed by atoms with E-state index in [1.54, 1.807) is 66.7 Å². The number of hydrogen-bond donors (Lipinski definition) is 2. The summed E-state index contributed by atoms with van der Waals surface area (Å²) in [6.07, 6.45) is 3.37. The van der Waals surface area contributed by atoms with Crippen molar-refractivity contribution >= 4 is 17.5 Å². The molecule has 0 saturated heterocycles. The lowest BCUT2D eigenvalue weighted by molar-refractivity contribution is -0.134. The number of carbonyl (C=O) groups is 3. The number of phenols is 1. The van der Waals surface area contributed by atoms with Crippen LogP contribution < -0.4 is 18.9 Å². The molecule has 0 radical (unpaired) electrons. The third kappa shape index (κ3) is 9.01. The van der Waals surface area contributed by atoms with Crippen LogP contribution in [-0.4, -0.2) is 47.1 Å². The van der Waals surface area contributed by atoms with Crippen molar-refractivity contribution in [3.63, 3.8) is 0 Å². The summed E-state index contributed by atoms with van der Waals surface area (Å²) in [6, 6.07) is 25.2. The van der Waals surface area contributed by atoms with E-state index in [1.165, 1.54) is 12.1 Å². The Morgan fingerprint density at radius 2 is 1.40 bits per heavy atom. The van der Waals surface area contributed by atoms with Crippen LogP contribution in [0.5, 0.6) is 28.7 Å². The van der Waals surface area contributed by atoms with E-state index in [2.05, 4.69) is 6.92 Å². The number of rotatable bonds is 16. The molecule has 1 heterocycles. The summed E-state index contributed by atoms with van der Waals surface area (Å²) in [5, 5.41) is 21.8. The normalized spacial score (nSPS) is 15.1. The number of ketones is 2. The SMILES string of the molecule is CCCCCCCC(=O)Oc1cc(O)c2c(c1)O[C@@H](c1ccc(OCC(=O)c3ccccc3)c(OCC(=O)c3ccccc3)c1)[C@@H](O)C2. The molecule has 0 aliphatic carbocycles. The fourth-order valence-corrected chi connectivity index (χ4v) is 5.49. The van der Waals surface area contributed by atoms with E-state index in [0.29, 0.717) is 22.3 Å². The number of Topliss-reactive ketones (excluding diaryl/α,β-unsaturated/α-hetero) is 2. The van der Waals surface area contributed by atoms with Crippen molar-refractivity contribution in [2.24, 2.45) is 0 Å². The Morgan fingerprint density at radius 1 is 0.771 bits per heavy atom. The van der Waals surface area contributed by atoms with E-state index in [4.69, 9.17) is 18.9 Å². The van der Waals surface area contributed by atoms with E-state index in [0.717, 1.165) is 32.1 Å². The van der Waals surface area contributed by atoms with Crippen LogP contribution in [0.15, 0.2) is 91.0 Å². The van der Waals surface area contributed by atoms with Crippen molar-refractivity contribution in [3.05, 3.63) is 113 Å². The Morgan fingerprint density at radius 3 is 2.04 bits per heavy atom. The van der Waals surface area contributed by atoms with Crippen molar-refractivity contribution in [1.82, 2.24) is 0 Å². The van der Waals surface area contributed by atoms with Gasteiger partial charge in [-0.1, -0.05) is 99.3 Å². The van der Waals surface area contributed by atoms with Gasteiger partial charge in [0.2, 0.25) is 0 Å². The van der Waals surface area contributed by atoms with Crippen LogP contribution in [-0.2, 0) is 11.2 Å². The number of carbonyl (C=O) groups excluding carboxylic acids is 3. The standard InChI is InChI=1S/C39H40O9/c1-2-3-4-5-12-17-38(44)47-29-21-31(40)30-23-32(41)39(48-36(30)22-29)28-18-19-35(45-24-33(42)26-13-8-6-9-14-26)37(20-28)46-25-34(43)27-15-10-7-11-16-27/h6-11,13-16,18-22,32,39-41H,2-5,12,17,23-25H2,1H3/t32-,39-/m0/s1. The molecule has 9 nitrogen and oxygen atoms in total. The van der Waals surface area contributed by atoms with Crippen molar-refractivity contribution in [1.29, 1.82) is 0 Å². The summed E-state index contributed by atoms with van der Waals surface area (Å²) >= 11 is 0. The number of fused-ring (bicyclic) bond motifs is 1. The highest BCUT2D eigenvalue weighted by molar-refractivity contribution is 5.97. The molecule has 0 saturated carbocycles. The van der Waals surface area contributed by atoms with Gasteiger partial charge in [-0.05, 0) is 24.1 Å². The van der Waals surface area contributed by atoms with Crippen LogP contribution in [0.4, 0.5) is 0 Å². The molecule has 9 heteroatoms. The van der Waals surface area contributed by atoms with Gasteiger partial charge in [-0.15, -0.1) is 0 Å². The molecular formula is C39H40O9. The molecule has 250 valence electrons. The van der Waals surface area contributed by atoms with Gasteiger partial charge < -0.3 is 29.2 Å². The zero-order valence-corrected chi connectivity index (χ0v) is 26.9. The fraction of sp³-hybridized carbons (Fsp3) is 0.308. The number of phenolic OH excluding ortho intramolecular Hbond substituents is 1. The van der Waals surface area contributed by atoms with Gasteiger partial charge in [0.25, 0.3) is 0 Å². The maximum absolute atomic E-state index is 12.9. The molecule has 2 N–H and O–H groups in total. The van der Waals surface area contributed by atoms with Crippen molar-refractivity contribution in [2.45, 2.75) is 64.1 Å². The molecule has 0 unspecified atom stereocenters. The van der Waals surface area contributed by atoms with Crippen LogP contribution in [0.1, 0.15) is 83.4 Å². The molecule has 0 amide bonds. The Bertz CT molecular complexity index is 1700. The zero-order chi connectivity index (χ0) is 33.9. The number of aromatic hydroxyl groups is 1. The number of ether oxygens (including phenoxy) is 4. The van der Waals surface area contributed by atoms with Gasteiger partial charge in [0.05, 0.1) is 6.10 Å². The van der Waals surface area contributed by atoms with Gasteiger partial charge >= 0.3 is 5.97 Å². The van der Waals surface area contributed by atoms with Crippen molar-refractivity contribution in [2.75, 3.05) is 13.2 Å². The summed E-state index contributed by atoms with van der Waals surface area (Å²) < 4.78 is 23.5. The van der Waals surface area contributed by atoms with Gasteiger partial charge in [-0.3, -0.25) is 14.4 Å². The average Bonchev–Trinajstić information content (AvgIpc) is 3.10. The van der Waals surface area contributed by atoms with Crippen molar-refractivity contribution < 1.29 is 43.5 Å². The average molecular weight is 653 g/mol. The molecule has 1 aliphatic heterocycles. The molecule has 0 spiro atoms. The van der Waals surface area contributed by atoms with Gasteiger partial charge in [0, 0.05) is 41.7 Å². The third-order valence-electron chi connectivity index (χ3n) is 8.10. The second-order valence-corrected chi connectivity index (χ2v) is 11.7. The van der Waals surface area contributed by atoms with Gasteiger partial charge in [0.15, 0.2) is 36.3 Å². The Balaban J connectivity index is 1.33. The molecule has 1 aliphatic rings. The summed E-state index contributed by atoms with van der Waals surface area (Å²) in [5.41, 5.74) is 1.87. The highest BCUT2D eigenvalue weighted by Gasteiger charge is 2.33. The molecular weight excluding hydrogens is 612 g/mol. The number of esters is 1. The maximum atomic E-state index is 12.9. The van der Waals surface area contributed by atoms with Gasteiger partial charge in [-0.25, -0.2) is 0 Å². The Labute approximate surface area is 280 Å². The maximum Gasteiger partial charge on any atom is 0.311 e. The molecule has 0 bridgehead atoms. The molecule has 4 aromatic rings. The summed E-state index contributed by atoms with van der Waals surface area (Å²) in [4.78, 5) is 38.0. The number of benzene rings is 4. The quantitative estimate of drug-likeness (QED) is 0.0558. The lowest BCUT2D eigenvalue weighted by atomic mass is 9.94. The van der Waals surface area contributed by atoms with Gasteiger partial charge in [-0.2, -0.15) is 0 Å². The number of aliphatic hydroxyl groups is 1. The molecule has 0 aromatic heterocycles. The first kappa shape index (κ1) is 34.2. The van der Waals surface area contributed by atoms with E-state index in [-0.39, 0.29) is 66.4 Å². The summed E-state index contributed by atoms with van der Waals surface area (Å²) in [6.45, 7) is 1.57. The third-order valence-corrected chi connectivity index (χ3v) is 8.10. The Kier molecular flexibility index (Phi) is 11.8. The highest BCUT2D eigenvalue weighted by Crippen LogP contribution is 2.43. The summed E-state index contributed by atoms with van der Waals surface area (Å²) in [7, 11) is 0. The van der Waals surface area contributed by atoms with Crippen LogP contribution in [0.3, 0.4) is 0 Å². The van der Waals surface area contributed by atoms with Gasteiger partial charge in [0.1, 0.15) is 23.4 Å². The lowest BCUT2D eigenvalue weighted by Crippen LogP contribution is -2.30. The first-order chi connectivity index (χ1) is 23.3. The molecule has 0 fully saturated rings. The van der Waals surface area contributed by atoms with E-state index in [1.807, 2.05) is 12.1 Å². The summed E-state index contributed by atoms with van der Waals surface area (Å²) in [5.74, 6) is -0.200. The van der Waals surface area contributed by atoms with Crippen LogP contribution in [0, 0.1) is 0 Å². The molecule has 2 atom stereocenters. The monoisotopic (exact) mass is 652 g/mol. The van der Waals surface area contributed by atoms with Crippen LogP contribution in [0.2, 0.25) is 0 Å². The minimum absolute atomic E-state index is 0.0734. The number of hydrogen-bond acceptors (Lipinski definition) is 9. The first-order valence-corrected chi connectivity index (χ1v) is 16.3. The minimum Gasteiger partial charge on any atom is -0.507 e. The van der Waals surface area contributed by atoms with Crippen LogP contribution >= 0.6 is 0 Å². The first-order valence-electron chi connectivity index (χ1n) is 16.3. The largest absolute Gasteiger partial charge is 0.507 e. The Hall–Kier alpha value is -5.15. The van der Waals surface area contributed by atoms with E-state index >= 15 is 0 Å². The van der Waals surface area contributed by atoms with E-state index in [9.17, 15) is 24.6 Å². The molecule has 48 heavy (non-hydrogen) atoms. The predicted octanol–water partition coefficient (Wildman–Crippen LogP) is 7.22. The smallest absolute Gasteiger partial charge is 0.311 e. The lowest BCUT2D eigenvalue weighted by Gasteiger charge is -2.32. The topological polar surface area (TPSA) is 129 Å². The molecule has 5 rings (SSSR count). The van der Waals surface area contributed by atoms with Crippen LogP contribution in [0.25, 0.3) is 0 Å². The molecule has 4 aromatic carbocycles. The van der Waals surface area contributed by atoms with E-state index < -0.39 is 18.2 Å². The second-order valence-electron chi connectivity index (χ2n) is 11.7. The zero-order valence-electron chi connectivity index (χ0n) is 26.9. The predicted molar refractivity (Wildman–Crippen MR) is 179 cm³/mol. The number of aliphatic hydroxyl groups excluding tert-OH is 1. The second kappa shape index (κ2) is 16.6. The minimum atomic E-state index is -1.05.